The van der Waals surface area contributed by atoms with Crippen LogP contribution in [0.3, 0.4) is 0 Å². The van der Waals surface area contributed by atoms with Gasteiger partial charge in [-0.2, -0.15) is 0 Å². The van der Waals surface area contributed by atoms with Gasteiger partial charge in [0.25, 0.3) is 0 Å². The molecule has 3 rings (SSSR count). The average molecular weight is 372 g/mol. The van der Waals surface area contributed by atoms with Crippen LogP contribution in [-0.2, 0) is 15.0 Å². The normalized spacial score (nSPS) is 17.5. The number of ether oxygens (including phenoxy) is 1. The third-order valence-electron chi connectivity index (χ3n) is 4.54. The Balaban J connectivity index is 1.68. The number of hydrogen-bond donors (Lipinski definition) is 0. The maximum atomic E-state index is 12.5. The van der Waals surface area contributed by atoms with Crippen LogP contribution in [0.25, 0.3) is 0 Å². The molecule has 0 aliphatic carbocycles. The maximum absolute atomic E-state index is 12.5. The zero-order valence-electron chi connectivity index (χ0n) is 15.2. The van der Waals surface area contributed by atoms with Crippen molar-refractivity contribution in [1.29, 1.82) is 0 Å². The molecule has 0 aromatic heterocycles. The lowest BCUT2D eigenvalue weighted by atomic mass is 9.87. The standard InChI is InChI=1S/C21H22ClNO3/c1-21(2,3)15-8-10-16(11-9-15)26-20(25)14-12-19(24)23(13-14)18-7-5-4-6-17(18)22/h4-11,14H,12-13H2,1-3H3/t14-/m0/s1. The van der Waals surface area contributed by atoms with Gasteiger partial charge in [0.2, 0.25) is 5.91 Å². The van der Waals surface area contributed by atoms with Crippen molar-refractivity contribution in [2.24, 2.45) is 5.92 Å². The topological polar surface area (TPSA) is 46.6 Å². The summed E-state index contributed by atoms with van der Waals surface area (Å²) >= 11 is 6.17. The molecule has 2 aromatic carbocycles. The number of para-hydroxylation sites is 1. The molecule has 1 atom stereocenters. The molecule has 4 nitrogen and oxygen atoms in total. The maximum Gasteiger partial charge on any atom is 0.316 e. The van der Waals surface area contributed by atoms with Gasteiger partial charge in [-0.25, -0.2) is 0 Å². The lowest BCUT2D eigenvalue weighted by Crippen LogP contribution is -2.27. The first kappa shape index (κ1) is 18.5. The lowest BCUT2D eigenvalue weighted by Gasteiger charge is -2.19. The largest absolute Gasteiger partial charge is 0.426 e. The number of rotatable bonds is 3. The van der Waals surface area contributed by atoms with Gasteiger partial charge < -0.3 is 9.64 Å². The van der Waals surface area contributed by atoms with E-state index in [0.717, 1.165) is 0 Å². The number of nitrogens with zero attached hydrogens (tertiary/aromatic N) is 1. The van der Waals surface area contributed by atoms with Crippen molar-refractivity contribution in [2.75, 3.05) is 11.4 Å². The van der Waals surface area contributed by atoms with E-state index in [9.17, 15) is 9.59 Å². The second kappa shape index (κ2) is 7.12. The number of anilines is 1. The van der Waals surface area contributed by atoms with Crippen molar-refractivity contribution in [3.8, 4) is 5.75 Å². The van der Waals surface area contributed by atoms with Gasteiger partial charge in [-0.3, -0.25) is 9.59 Å². The zero-order chi connectivity index (χ0) is 18.9. The third kappa shape index (κ3) is 3.91. The first-order valence-electron chi connectivity index (χ1n) is 8.63. The summed E-state index contributed by atoms with van der Waals surface area (Å²) in [6.45, 7) is 6.66. The molecule has 0 unspecified atom stereocenters. The fourth-order valence-electron chi connectivity index (χ4n) is 2.99. The molecule has 1 heterocycles. The smallest absolute Gasteiger partial charge is 0.316 e. The van der Waals surface area contributed by atoms with Crippen molar-refractivity contribution in [1.82, 2.24) is 0 Å². The quantitative estimate of drug-likeness (QED) is 0.585. The summed E-state index contributed by atoms with van der Waals surface area (Å²) in [7, 11) is 0. The van der Waals surface area contributed by atoms with Gasteiger partial charge >= 0.3 is 5.97 Å². The Morgan fingerprint density at radius 2 is 1.77 bits per heavy atom. The predicted octanol–water partition coefficient (Wildman–Crippen LogP) is 4.60. The Hall–Kier alpha value is -2.33. The van der Waals surface area contributed by atoms with Gasteiger partial charge in [-0.1, -0.05) is 56.6 Å². The van der Waals surface area contributed by atoms with Crippen molar-refractivity contribution >= 4 is 29.2 Å². The van der Waals surface area contributed by atoms with Crippen molar-refractivity contribution in [2.45, 2.75) is 32.6 Å². The highest BCUT2D eigenvalue weighted by atomic mass is 35.5. The minimum Gasteiger partial charge on any atom is -0.426 e. The van der Waals surface area contributed by atoms with E-state index >= 15 is 0 Å². The van der Waals surface area contributed by atoms with E-state index in [1.807, 2.05) is 18.2 Å². The molecule has 0 bridgehead atoms. The summed E-state index contributed by atoms with van der Waals surface area (Å²) < 4.78 is 5.48. The minimum atomic E-state index is -0.499. The van der Waals surface area contributed by atoms with Crippen LogP contribution in [0, 0.1) is 5.92 Å². The highest BCUT2D eigenvalue weighted by molar-refractivity contribution is 6.33. The fourth-order valence-corrected chi connectivity index (χ4v) is 3.23. The van der Waals surface area contributed by atoms with Gasteiger partial charge in [0.15, 0.2) is 0 Å². The Labute approximate surface area is 158 Å². The summed E-state index contributed by atoms with van der Waals surface area (Å²) in [6, 6.07) is 14.6. The first-order valence-corrected chi connectivity index (χ1v) is 9.00. The van der Waals surface area contributed by atoms with Crippen LogP contribution in [0.15, 0.2) is 48.5 Å². The molecule has 1 aliphatic rings. The molecule has 0 saturated carbocycles. The number of halogens is 1. The van der Waals surface area contributed by atoms with E-state index in [4.69, 9.17) is 16.3 Å². The molecule has 2 aromatic rings. The van der Waals surface area contributed by atoms with Crippen LogP contribution in [0.4, 0.5) is 5.69 Å². The number of carbonyl (C=O) groups is 2. The van der Waals surface area contributed by atoms with E-state index < -0.39 is 11.9 Å². The Bertz CT molecular complexity index is 824. The van der Waals surface area contributed by atoms with Crippen LogP contribution in [-0.4, -0.2) is 18.4 Å². The van der Waals surface area contributed by atoms with Crippen LogP contribution >= 0.6 is 11.6 Å². The Morgan fingerprint density at radius 3 is 2.38 bits per heavy atom. The van der Waals surface area contributed by atoms with E-state index in [-0.39, 0.29) is 24.3 Å². The molecule has 0 N–H and O–H groups in total. The van der Waals surface area contributed by atoms with E-state index in [2.05, 4.69) is 20.8 Å². The molecule has 1 amide bonds. The van der Waals surface area contributed by atoms with Crippen molar-refractivity contribution < 1.29 is 14.3 Å². The fraction of sp³-hybridized carbons (Fsp3) is 0.333. The molecule has 1 aliphatic heterocycles. The van der Waals surface area contributed by atoms with Crippen molar-refractivity contribution in [3.05, 3.63) is 59.1 Å². The highest BCUT2D eigenvalue weighted by Crippen LogP contribution is 2.32. The van der Waals surface area contributed by atoms with Crippen LogP contribution < -0.4 is 9.64 Å². The van der Waals surface area contributed by atoms with Gasteiger partial charge in [0, 0.05) is 13.0 Å². The number of carbonyl (C=O) groups excluding carboxylic acids is 2. The lowest BCUT2D eigenvalue weighted by molar-refractivity contribution is -0.139. The molecular formula is C21H22ClNO3. The van der Waals surface area contributed by atoms with Gasteiger partial charge in [-0.05, 0) is 35.2 Å². The van der Waals surface area contributed by atoms with Gasteiger partial charge in [0.1, 0.15) is 5.75 Å². The number of benzene rings is 2. The summed E-state index contributed by atoms with van der Waals surface area (Å²) in [6.07, 6.45) is 0.129. The Kier molecular flexibility index (Phi) is 5.05. The predicted molar refractivity (Wildman–Crippen MR) is 103 cm³/mol. The van der Waals surface area contributed by atoms with E-state index in [1.54, 1.807) is 35.2 Å². The molecular weight excluding hydrogens is 350 g/mol. The SMILES string of the molecule is CC(C)(C)c1ccc(OC(=O)[C@H]2CC(=O)N(c3ccccc3Cl)C2)cc1. The summed E-state index contributed by atoms with van der Waals surface area (Å²) in [5.74, 6) is -0.521. The first-order chi connectivity index (χ1) is 12.3. The van der Waals surface area contributed by atoms with Crippen molar-refractivity contribution in [3.63, 3.8) is 0 Å². The summed E-state index contributed by atoms with van der Waals surface area (Å²) in [4.78, 5) is 26.3. The molecule has 0 spiro atoms. The second-order valence-corrected chi connectivity index (χ2v) is 7.96. The van der Waals surface area contributed by atoms with E-state index in [0.29, 0.717) is 16.5 Å². The molecule has 26 heavy (non-hydrogen) atoms. The molecule has 136 valence electrons. The second-order valence-electron chi connectivity index (χ2n) is 7.55. The Morgan fingerprint density at radius 1 is 1.12 bits per heavy atom. The highest BCUT2D eigenvalue weighted by Gasteiger charge is 2.37. The van der Waals surface area contributed by atoms with Crippen LogP contribution in [0.2, 0.25) is 5.02 Å². The van der Waals surface area contributed by atoms with Crippen LogP contribution in [0.5, 0.6) is 5.75 Å². The number of esters is 1. The monoisotopic (exact) mass is 371 g/mol. The summed E-state index contributed by atoms with van der Waals surface area (Å²) in [5, 5.41) is 0.493. The zero-order valence-corrected chi connectivity index (χ0v) is 15.9. The van der Waals surface area contributed by atoms with Gasteiger partial charge in [-0.15, -0.1) is 0 Å². The van der Waals surface area contributed by atoms with Gasteiger partial charge in [0.05, 0.1) is 16.6 Å². The minimum absolute atomic E-state index is 0.0376. The van der Waals surface area contributed by atoms with E-state index in [1.165, 1.54) is 5.56 Å². The molecule has 5 heteroatoms. The number of amides is 1. The molecule has 1 saturated heterocycles. The third-order valence-corrected chi connectivity index (χ3v) is 4.86. The number of hydrogen-bond acceptors (Lipinski definition) is 3. The average Bonchev–Trinajstić information content (AvgIpc) is 2.97. The summed E-state index contributed by atoms with van der Waals surface area (Å²) in [5.41, 5.74) is 1.83. The molecule has 1 fully saturated rings. The van der Waals surface area contributed by atoms with Crippen LogP contribution in [0.1, 0.15) is 32.8 Å². The molecule has 0 radical (unpaired) electrons.